The van der Waals surface area contributed by atoms with Gasteiger partial charge in [-0.1, -0.05) is 12.1 Å². The predicted molar refractivity (Wildman–Crippen MR) is 76.5 cm³/mol. The Hall–Kier alpha value is -0.960. The molecule has 0 radical (unpaired) electrons. The van der Waals surface area contributed by atoms with Gasteiger partial charge in [0.25, 0.3) is 0 Å². The van der Waals surface area contributed by atoms with E-state index in [4.69, 9.17) is 5.73 Å². The van der Waals surface area contributed by atoms with Crippen LogP contribution in [0, 0.1) is 6.92 Å². The van der Waals surface area contributed by atoms with Gasteiger partial charge in [0.15, 0.2) is 9.84 Å². The lowest BCUT2D eigenvalue weighted by molar-refractivity contribution is 0.561. The van der Waals surface area contributed by atoms with Crippen LogP contribution in [0.4, 0.5) is 0 Å². The SMILES string of the molecule is Cc1c(CN)cccc1S(=O)(=O)NC1CCS(=O)(=O)C1. The fraction of sp³-hybridized carbons (Fsp3) is 0.500. The zero-order chi connectivity index (χ0) is 15.0. The van der Waals surface area contributed by atoms with Crippen molar-refractivity contribution in [3.63, 3.8) is 0 Å². The van der Waals surface area contributed by atoms with Crippen LogP contribution in [0.25, 0.3) is 0 Å². The highest BCUT2D eigenvalue weighted by Gasteiger charge is 2.32. The molecule has 0 amide bonds. The molecule has 2 rings (SSSR count). The first-order chi connectivity index (χ1) is 9.25. The summed E-state index contributed by atoms with van der Waals surface area (Å²) in [5.74, 6) is -0.107. The third-order valence-corrected chi connectivity index (χ3v) is 6.89. The molecule has 8 heteroatoms. The maximum absolute atomic E-state index is 12.3. The standard InChI is InChI=1S/C12H18N2O4S2/c1-9-10(7-13)3-2-4-12(9)20(17,18)14-11-5-6-19(15,16)8-11/h2-4,11,14H,5-8,13H2,1H3. The van der Waals surface area contributed by atoms with Gasteiger partial charge in [-0.25, -0.2) is 21.6 Å². The number of nitrogens with two attached hydrogens (primary N) is 1. The Morgan fingerprint density at radius 1 is 1.40 bits per heavy atom. The summed E-state index contributed by atoms with van der Waals surface area (Å²) in [4.78, 5) is 0.157. The van der Waals surface area contributed by atoms with Gasteiger partial charge in [0, 0.05) is 12.6 Å². The van der Waals surface area contributed by atoms with E-state index in [1.165, 1.54) is 6.07 Å². The van der Waals surface area contributed by atoms with Crippen molar-refractivity contribution in [1.29, 1.82) is 0 Å². The molecule has 1 atom stereocenters. The molecule has 0 aliphatic carbocycles. The summed E-state index contributed by atoms with van der Waals surface area (Å²) in [5, 5.41) is 0. The Morgan fingerprint density at radius 3 is 2.65 bits per heavy atom. The summed E-state index contributed by atoms with van der Waals surface area (Å²) in [5.41, 5.74) is 6.92. The van der Waals surface area contributed by atoms with E-state index < -0.39 is 25.9 Å². The van der Waals surface area contributed by atoms with E-state index in [-0.39, 0.29) is 22.9 Å². The molecule has 1 aromatic carbocycles. The van der Waals surface area contributed by atoms with Crippen LogP contribution in [-0.2, 0) is 26.4 Å². The number of sulfone groups is 1. The topological polar surface area (TPSA) is 106 Å². The number of hydrogen-bond donors (Lipinski definition) is 2. The van der Waals surface area contributed by atoms with Gasteiger partial charge in [-0.3, -0.25) is 0 Å². The molecule has 0 bridgehead atoms. The molecule has 3 N–H and O–H groups in total. The Balaban J connectivity index is 2.28. The lowest BCUT2D eigenvalue weighted by Gasteiger charge is -2.15. The van der Waals surface area contributed by atoms with Crippen LogP contribution in [-0.4, -0.2) is 34.4 Å². The molecule has 1 aliphatic heterocycles. The largest absolute Gasteiger partial charge is 0.326 e. The summed E-state index contributed by atoms with van der Waals surface area (Å²) in [6, 6.07) is 4.36. The first kappa shape index (κ1) is 15.4. The van der Waals surface area contributed by atoms with E-state index in [1.54, 1.807) is 19.1 Å². The monoisotopic (exact) mass is 318 g/mol. The summed E-state index contributed by atoms with van der Waals surface area (Å²) in [6.45, 7) is 1.95. The van der Waals surface area contributed by atoms with Crippen LogP contribution in [0.2, 0.25) is 0 Å². The first-order valence-electron chi connectivity index (χ1n) is 6.26. The smallest absolute Gasteiger partial charge is 0.241 e. The second-order valence-corrected chi connectivity index (χ2v) is 8.88. The molecule has 112 valence electrons. The minimum absolute atomic E-state index is 0.0298. The van der Waals surface area contributed by atoms with Crippen molar-refractivity contribution in [2.45, 2.75) is 30.8 Å². The van der Waals surface area contributed by atoms with Gasteiger partial charge in [-0.05, 0) is 30.5 Å². The van der Waals surface area contributed by atoms with Crippen LogP contribution in [0.3, 0.4) is 0 Å². The quantitative estimate of drug-likeness (QED) is 0.807. The lowest BCUT2D eigenvalue weighted by Crippen LogP contribution is -2.36. The van der Waals surface area contributed by atoms with Crippen LogP contribution in [0.1, 0.15) is 17.5 Å². The van der Waals surface area contributed by atoms with E-state index in [1.807, 2.05) is 0 Å². The first-order valence-corrected chi connectivity index (χ1v) is 9.57. The molecule has 0 saturated carbocycles. The molecule has 0 spiro atoms. The van der Waals surface area contributed by atoms with Crippen LogP contribution in [0.5, 0.6) is 0 Å². The molecular weight excluding hydrogens is 300 g/mol. The average molecular weight is 318 g/mol. The summed E-state index contributed by atoms with van der Waals surface area (Å²) < 4.78 is 49.9. The Kier molecular flexibility index (Phi) is 4.19. The van der Waals surface area contributed by atoms with E-state index in [2.05, 4.69) is 4.72 Å². The zero-order valence-electron chi connectivity index (χ0n) is 11.2. The van der Waals surface area contributed by atoms with Gasteiger partial charge in [-0.15, -0.1) is 0 Å². The maximum atomic E-state index is 12.3. The maximum Gasteiger partial charge on any atom is 0.241 e. The molecule has 1 unspecified atom stereocenters. The molecule has 6 nitrogen and oxygen atoms in total. The average Bonchev–Trinajstić information content (AvgIpc) is 2.67. The van der Waals surface area contributed by atoms with E-state index >= 15 is 0 Å². The number of sulfonamides is 1. The molecule has 1 aromatic rings. The van der Waals surface area contributed by atoms with Crippen molar-refractivity contribution < 1.29 is 16.8 Å². The van der Waals surface area contributed by atoms with E-state index in [0.717, 1.165) is 5.56 Å². The molecule has 1 fully saturated rings. The Morgan fingerprint density at radius 2 is 2.10 bits per heavy atom. The highest BCUT2D eigenvalue weighted by atomic mass is 32.2. The number of benzene rings is 1. The third kappa shape index (κ3) is 3.20. The fourth-order valence-corrected chi connectivity index (χ4v) is 5.68. The summed E-state index contributed by atoms with van der Waals surface area (Å²) in [6.07, 6.45) is 0.317. The molecule has 0 aromatic heterocycles. The van der Waals surface area contributed by atoms with Crippen molar-refractivity contribution in [3.8, 4) is 0 Å². The van der Waals surface area contributed by atoms with Gasteiger partial charge >= 0.3 is 0 Å². The van der Waals surface area contributed by atoms with E-state index in [9.17, 15) is 16.8 Å². The van der Waals surface area contributed by atoms with Crippen molar-refractivity contribution in [2.75, 3.05) is 11.5 Å². The molecule has 1 heterocycles. The van der Waals surface area contributed by atoms with Crippen molar-refractivity contribution in [3.05, 3.63) is 29.3 Å². The van der Waals surface area contributed by atoms with Gasteiger partial charge in [0.05, 0.1) is 16.4 Å². The van der Waals surface area contributed by atoms with Gasteiger partial charge < -0.3 is 5.73 Å². The zero-order valence-corrected chi connectivity index (χ0v) is 12.8. The fourth-order valence-electron chi connectivity index (χ4n) is 2.34. The molecular formula is C12H18N2O4S2. The normalized spacial score (nSPS) is 22.0. The Labute approximate surface area is 119 Å². The van der Waals surface area contributed by atoms with E-state index in [0.29, 0.717) is 12.0 Å². The molecule has 20 heavy (non-hydrogen) atoms. The number of rotatable bonds is 4. The van der Waals surface area contributed by atoms with Gasteiger partial charge in [0.2, 0.25) is 10.0 Å². The van der Waals surface area contributed by atoms with Crippen molar-refractivity contribution >= 4 is 19.9 Å². The number of hydrogen-bond acceptors (Lipinski definition) is 5. The second kappa shape index (κ2) is 5.44. The summed E-state index contributed by atoms with van der Waals surface area (Å²) in [7, 11) is -6.85. The van der Waals surface area contributed by atoms with Crippen LogP contribution in [0.15, 0.2) is 23.1 Å². The second-order valence-electron chi connectivity index (χ2n) is 4.97. The predicted octanol–water partition coefficient (Wildman–Crippen LogP) is -0.0809. The van der Waals surface area contributed by atoms with Crippen molar-refractivity contribution in [1.82, 2.24) is 4.72 Å². The van der Waals surface area contributed by atoms with Gasteiger partial charge in [-0.2, -0.15) is 0 Å². The van der Waals surface area contributed by atoms with Crippen LogP contribution < -0.4 is 10.5 Å². The molecule has 1 saturated heterocycles. The summed E-state index contributed by atoms with van der Waals surface area (Å²) >= 11 is 0. The third-order valence-electron chi connectivity index (χ3n) is 3.46. The minimum atomic E-state index is -3.73. The lowest BCUT2D eigenvalue weighted by atomic mass is 10.1. The minimum Gasteiger partial charge on any atom is -0.326 e. The van der Waals surface area contributed by atoms with Gasteiger partial charge in [0.1, 0.15) is 0 Å². The van der Waals surface area contributed by atoms with Crippen molar-refractivity contribution in [2.24, 2.45) is 5.73 Å². The highest BCUT2D eigenvalue weighted by molar-refractivity contribution is 7.92. The highest BCUT2D eigenvalue weighted by Crippen LogP contribution is 2.20. The Bertz CT molecular complexity index is 711. The molecule has 1 aliphatic rings. The van der Waals surface area contributed by atoms with Crippen LogP contribution >= 0.6 is 0 Å². The number of nitrogens with one attached hydrogen (secondary N) is 1.